The number of sulfonamides is 1. The summed E-state index contributed by atoms with van der Waals surface area (Å²) in [5, 5.41) is 4.91. The van der Waals surface area contributed by atoms with Gasteiger partial charge in [-0.15, -0.1) is 0 Å². The second kappa shape index (κ2) is 3.07. The van der Waals surface area contributed by atoms with Crippen LogP contribution >= 0.6 is 0 Å². The fourth-order valence-electron chi connectivity index (χ4n) is 1.26. The molecule has 2 rings (SSSR count). The summed E-state index contributed by atoms with van der Waals surface area (Å²) in [4.78, 5) is 4.10. The van der Waals surface area contributed by atoms with Crippen LogP contribution in [0.15, 0.2) is 30.6 Å². The third-order valence-corrected chi connectivity index (χ3v) is 2.46. The van der Waals surface area contributed by atoms with Gasteiger partial charge in [-0.3, -0.25) is 0 Å². The molecule has 0 bridgehead atoms. The smallest absolute Gasteiger partial charge is 0.214 e. The Morgan fingerprint density at radius 2 is 2.21 bits per heavy atom. The van der Waals surface area contributed by atoms with Gasteiger partial charge in [-0.05, 0) is 12.1 Å². The highest BCUT2D eigenvalue weighted by Gasteiger charge is 2.08. The van der Waals surface area contributed by atoms with E-state index in [0.717, 1.165) is 0 Å². The van der Waals surface area contributed by atoms with Crippen molar-refractivity contribution >= 4 is 15.7 Å². The third kappa shape index (κ3) is 1.91. The molecule has 0 saturated heterocycles. The molecule has 0 aliphatic rings. The van der Waals surface area contributed by atoms with Gasteiger partial charge in [0.05, 0.1) is 5.69 Å². The molecule has 74 valence electrons. The Morgan fingerprint density at radius 3 is 2.86 bits per heavy atom. The summed E-state index contributed by atoms with van der Waals surface area (Å²) in [5.74, 6) is -0.228. The van der Waals surface area contributed by atoms with Gasteiger partial charge in [-0.2, -0.15) is 0 Å². The quantitative estimate of drug-likeness (QED) is 0.766. The number of aromatic nitrogens is 2. The van der Waals surface area contributed by atoms with Crippen LogP contribution in [0.5, 0.6) is 0 Å². The van der Waals surface area contributed by atoms with Crippen LogP contribution in [0.25, 0.3) is 5.65 Å². The molecular weight excluding hydrogens is 202 g/mol. The summed E-state index contributed by atoms with van der Waals surface area (Å²) in [5.41, 5.74) is 1.17. The van der Waals surface area contributed by atoms with E-state index in [1.807, 2.05) is 12.1 Å². The highest BCUT2D eigenvalue weighted by atomic mass is 32.2. The Morgan fingerprint density at radius 1 is 1.43 bits per heavy atom. The fourth-order valence-corrected chi connectivity index (χ4v) is 1.81. The van der Waals surface area contributed by atoms with Crippen molar-refractivity contribution in [3.05, 3.63) is 36.3 Å². The second-order valence-electron chi connectivity index (χ2n) is 3.01. The normalized spacial score (nSPS) is 12.1. The molecule has 0 amide bonds. The molecule has 6 heteroatoms. The minimum absolute atomic E-state index is 0.228. The maximum absolute atomic E-state index is 10.8. The molecule has 0 aromatic carbocycles. The SMILES string of the molecule is NS(=O)(=O)Cc1cn2ccccc2n1. The lowest BCUT2D eigenvalue weighted by Crippen LogP contribution is -2.14. The highest BCUT2D eigenvalue weighted by molar-refractivity contribution is 7.88. The summed E-state index contributed by atoms with van der Waals surface area (Å²) in [7, 11) is -3.50. The van der Waals surface area contributed by atoms with E-state index >= 15 is 0 Å². The van der Waals surface area contributed by atoms with E-state index in [4.69, 9.17) is 5.14 Å². The van der Waals surface area contributed by atoms with Crippen LogP contribution in [-0.4, -0.2) is 17.8 Å². The summed E-state index contributed by atoms with van der Waals surface area (Å²) in [6.45, 7) is 0. The van der Waals surface area contributed by atoms with E-state index in [-0.39, 0.29) is 5.75 Å². The molecule has 2 aromatic heterocycles. The van der Waals surface area contributed by atoms with Gasteiger partial charge in [0.2, 0.25) is 10.0 Å². The van der Waals surface area contributed by atoms with Crippen LogP contribution < -0.4 is 5.14 Å². The van der Waals surface area contributed by atoms with E-state index in [2.05, 4.69) is 4.98 Å². The van der Waals surface area contributed by atoms with E-state index in [1.54, 1.807) is 22.9 Å². The first kappa shape index (κ1) is 9.17. The molecule has 0 saturated carbocycles. The average molecular weight is 211 g/mol. The first-order chi connectivity index (χ1) is 6.54. The molecule has 14 heavy (non-hydrogen) atoms. The molecule has 0 fully saturated rings. The zero-order chi connectivity index (χ0) is 10.2. The van der Waals surface area contributed by atoms with Crippen molar-refractivity contribution in [1.82, 2.24) is 9.38 Å². The predicted octanol–water partition coefficient (Wildman–Crippen LogP) is 0.123. The van der Waals surface area contributed by atoms with Gasteiger partial charge in [0, 0.05) is 12.4 Å². The number of nitrogens with zero attached hydrogens (tertiary/aromatic N) is 2. The molecule has 2 aromatic rings. The van der Waals surface area contributed by atoms with E-state index in [0.29, 0.717) is 11.3 Å². The van der Waals surface area contributed by atoms with Gasteiger partial charge < -0.3 is 4.40 Å². The lowest BCUT2D eigenvalue weighted by atomic mass is 10.5. The maximum Gasteiger partial charge on any atom is 0.214 e. The van der Waals surface area contributed by atoms with Crippen molar-refractivity contribution in [2.45, 2.75) is 5.75 Å². The van der Waals surface area contributed by atoms with E-state index in [9.17, 15) is 8.42 Å². The Labute approximate surface area is 81.2 Å². The van der Waals surface area contributed by atoms with E-state index < -0.39 is 10.0 Å². The molecule has 0 aliphatic carbocycles. The Kier molecular flexibility index (Phi) is 2.01. The standard InChI is InChI=1S/C8H9N3O2S/c9-14(12,13)6-7-5-11-4-2-1-3-8(11)10-7/h1-5H,6H2,(H2,9,12,13). The number of nitrogens with two attached hydrogens (primary N) is 1. The van der Waals surface area contributed by atoms with E-state index in [1.165, 1.54) is 0 Å². The Bertz CT molecular complexity index is 526. The Balaban J connectivity index is 2.46. The lowest BCUT2D eigenvalue weighted by Gasteiger charge is -1.90. The monoisotopic (exact) mass is 211 g/mol. The van der Waals surface area contributed by atoms with Crippen LogP contribution in [0.4, 0.5) is 0 Å². The minimum Gasteiger partial charge on any atom is -0.307 e. The number of pyridine rings is 1. The molecule has 0 aliphatic heterocycles. The third-order valence-electron chi connectivity index (χ3n) is 1.76. The average Bonchev–Trinajstić information content (AvgIpc) is 2.42. The van der Waals surface area contributed by atoms with Crippen LogP contribution in [-0.2, 0) is 15.8 Å². The summed E-state index contributed by atoms with van der Waals surface area (Å²) >= 11 is 0. The van der Waals surface area contributed by atoms with Crippen LogP contribution in [0.2, 0.25) is 0 Å². The first-order valence-electron chi connectivity index (χ1n) is 3.98. The van der Waals surface area contributed by atoms with Crippen molar-refractivity contribution in [2.75, 3.05) is 0 Å². The number of rotatable bonds is 2. The molecule has 0 spiro atoms. The van der Waals surface area contributed by atoms with Gasteiger partial charge >= 0.3 is 0 Å². The molecular formula is C8H9N3O2S. The summed E-state index contributed by atoms with van der Waals surface area (Å²) < 4.78 is 23.4. The maximum atomic E-state index is 10.8. The number of fused-ring (bicyclic) bond motifs is 1. The molecule has 0 unspecified atom stereocenters. The van der Waals surface area contributed by atoms with Gasteiger partial charge in [-0.25, -0.2) is 18.5 Å². The van der Waals surface area contributed by atoms with Gasteiger partial charge in [0.25, 0.3) is 0 Å². The number of hydrogen-bond acceptors (Lipinski definition) is 3. The zero-order valence-electron chi connectivity index (χ0n) is 7.29. The largest absolute Gasteiger partial charge is 0.307 e. The van der Waals surface area contributed by atoms with Crippen LogP contribution in [0.1, 0.15) is 5.69 Å². The zero-order valence-corrected chi connectivity index (χ0v) is 8.11. The van der Waals surface area contributed by atoms with Gasteiger partial charge in [0.15, 0.2) is 0 Å². The molecule has 5 nitrogen and oxygen atoms in total. The van der Waals surface area contributed by atoms with Gasteiger partial charge in [-0.1, -0.05) is 6.07 Å². The fraction of sp³-hybridized carbons (Fsp3) is 0.125. The molecule has 0 radical (unpaired) electrons. The van der Waals surface area contributed by atoms with Gasteiger partial charge in [0.1, 0.15) is 11.4 Å². The van der Waals surface area contributed by atoms with Crippen molar-refractivity contribution < 1.29 is 8.42 Å². The van der Waals surface area contributed by atoms with Crippen LogP contribution in [0.3, 0.4) is 0 Å². The van der Waals surface area contributed by atoms with Crippen molar-refractivity contribution in [2.24, 2.45) is 5.14 Å². The summed E-state index contributed by atoms with van der Waals surface area (Å²) in [6.07, 6.45) is 3.45. The minimum atomic E-state index is -3.50. The summed E-state index contributed by atoms with van der Waals surface area (Å²) in [6, 6.07) is 5.48. The molecule has 2 heterocycles. The second-order valence-corrected chi connectivity index (χ2v) is 4.62. The molecule has 0 atom stereocenters. The highest BCUT2D eigenvalue weighted by Crippen LogP contribution is 2.06. The Hall–Kier alpha value is -1.40. The number of primary sulfonamides is 1. The van der Waals surface area contributed by atoms with Crippen molar-refractivity contribution in [3.8, 4) is 0 Å². The lowest BCUT2D eigenvalue weighted by molar-refractivity contribution is 0.596. The number of imidazole rings is 1. The predicted molar refractivity (Wildman–Crippen MR) is 52.0 cm³/mol. The molecule has 2 N–H and O–H groups in total. The topological polar surface area (TPSA) is 77.5 Å². The number of hydrogen-bond donors (Lipinski definition) is 1. The van der Waals surface area contributed by atoms with Crippen molar-refractivity contribution in [1.29, 1.82) is 0 Å². The first-order valence-corrected chi connectivity index (χ1v) is 5.69. The van der Waals surface area contributed by atoms with Crippen molar-refractivity contribution in [3.63, 3.8) is 0 Å². The van der Waals surface area contributed by atoms with Crippen LogP contribution in [0, 0.1) is 0 Å².